The number of nitrogens with one attached hydrogen (secondary N) is 2. The molecule has 3 amide bonds. The van der Waals surface area contributed by atoms with Gasteiger partial charge in [-0.05, 0) is 63.3 Å². The average Bonchev–Trinajstić information content (AvgIpc) is 3.47. The van der Waals surface area contributed by atoms with Gasteiger partial charge in [-0.25, -0.2) is 0 Å². The number of carbonyl (C=O) groups excluding carboxylic acids is 3. The zero-order chi connectivity index (χ0) is 28.5. The van der Waals surface area contributed by atoms with E-state index in [1.165, 1.54) is 0 Å². The first-order chi connectivity index (χ1) is 18.6. The molecule has 0 radical (unpaired) electrons. The van der Waals surface area contributed by atoms with Gasteiger partial charge in [0, 0.05) is 21.8 Å². The van der Waals surface area contributed by atoms with E-state index in [1.807, 2.05) is 39.8 Å². The molecule has 3 N–H and O–H groups in total. The summed E-state index contributed by atoms with van der Waals surface area (Å²) < 4.78 is 4.77. The van der Waals surface area contributed by atoms with E-state index in [9.17, 15) is 19.5 Å². The standard InChI is InChI=1S/C29H42BrN3O5S/c1-6-8-17(5)31-27(36)25-29-14-21(30)24(39-29)22(23(29)28(37)33(25)19(15-34)13-16(3)4)26(35)32-18-9-11-20(12-10-18)38-7-2/h9-12,16-17,19,21-25,34H,6-8,13-15H2,1-5H3,(H,31,36)(H,32,35)/t17?,19-,21?,22-,23+,24-,25?,29?/m1/s1. The number of ether oxygens (including phenoxy) is 1. The molecule has 1 spiro atoms. The van der Waals surface area contributed by atoms with Crippen molar-refractivity contribution in [2.24, 2.45) is 17.8 Å². The quantitative estimate of drug-likeness (QED) is 0.301. The summed E-state index contributed by atoms with van der Waals surface area (Å²) in [5, 5.41) is 16.4. The first-order valence-electron chi connectivity index (χ1n) is 14.2. The maximum absolute atomic E-state index is 14.3. The lowest BCUT2D eigenvalue weighted by Crippen LogP contribution is -2.58. The second-order valence-corrected chi connectivity index (χ2v) is 14.2. The molecule has 216 valence electrons. The van der Waals surface area contributed by atoms with Crippen LogP contribution in [0, 0.1) is 17.8 Å². The molecule has 4 unspecified atom stereocenters. The van der Waals surface area contributed by atoms with Crippen molar-refractivity contribution < 1.29 is 24.2 Å². The average molecular weight is 625 g/mol. The Balaban J connectivity index is 1.68. The molecule has 1 aromatic carbocycles. The number of benzene rings is 1. The molecular formula is C29H42BrN3O5S. The SMILES string of the molecule is CCCC(C)NC(=O)C1N([C@@H](CO)CC(C)C)C(=O)[C@@H]2[C@@H](C(=O)Nc3ccc(OCC)cc3)[C@@H]3SC12CC3Br. The maximum atomic E-state index is 14.3. The number of likely N-dealkylation sites (tertiary alicyclic amines) is 1. The molecule has 10 heteroatoms. The number of nitrogens with zero attached hydrogens (tertiary/aromatic N) is 1. The van der Waals surface area contributed by atoms with Crippen LogP contribution in [0.4, 0.5) is 5.69 Å². The van der Waals surface area contributed by atoms with E-state index in [4.69, 9.17) is 4.74 Å². The highest BCUT2D eigenvalue weighted by atomic mass is 79.9. The molecule has 3 saturated heterocycles. The van der Waals surface area contributed by atoms with Crippen molar-refractivity contribution in [1.82, 2.24) is 10.2 Å². The maximum Gasteiger partial charge on any atom is 0.244 e. The highest BCUT2D eigenvalue weighted by Crippen LogP contribution is 2.68. The number of rotatable bonds is 12. The van der Waals surface area contributed by atoms with E-state index >= 15 is 0 Å². The van der Waals surface area contributed by atoms with Crippen molar-refractivity contribution in [2.45, 2.75) is 93.3 Å². The summed E-state index contributed by atoms with van der Waals surface area (Å²) in [5.41, 5.74) is 0.634. The molecule has 0 aliphatic carbocycles. The molecule has 3 fully saturated rings. The Kier molecular flexibility index (Phi) is 9.59. The van der Waals surface area contributed by atoms with Crippen molar-refractivity contribution in [1.29, 1.82) is 0 Å². The predicted octanol–water partition coefficient (Wildman–Crippen LogP) is 4.20. The number of carbonyl (C=O) groups is 3. The van der Waals surface area contributed by atoms with Crippen LogP contribution in [0.5, 0.6) is 5.75 Å². The summed E-state index contributed by atoms with van der Waals surface area (Å²) in [6.45, 7) is 10.4. The van der Waals surface area contributed by atoms with Crippen molar-refractivity contribution in [3.8, 4) is 5.75 Å². The molecule has 0 aromatic heterocycles. The van der Waals surface area contributed by atoms with E-state index in [0.717, 1.165) is 18.6 Å². The molecule has 3 heterocycles. The van der Waals surface area contributed by atoms with Gasteiger partial charge < -0.3 is 25.4 Å². The predicted molar refractivity (Wildman–Crippen MR) is 158 cm³/mol. The topological polar surface area (TPSA) is 108 Å². The number of hydrogen-bond acceptors (Lipinski definition) is 6. The van der Waals surface area contributed by atoms with E-state index in [-0.39, 0.29) is 46.4 Å². The van der Waals surface area contributed by atoms with Crippen LogP contribution in [0.15, 0.2) is 24.3 Å². The van der Waals surface area contributed by atoms with Crippen LogP contribution in [0.3, 0.4) is 0 Å². The van der Waals surface area contributed by atoms with Crippen LogP contribution >= 0.6 is 27.7 Å². The third kappa shape index (κ3) is 5.71. The summed E-state index contributed by atoms with van der Waals surface area (Å²) in [6, 6.07) is 5.94. The van der Waals surface area contributed by atoms with E-state index in [2.05, 4.69) is 33.5 Å². The van der Waals surface area contributed by atoms with Gasteiger partial charge in [-0.15, -0.1) is 11.8 Å². The number of amides is 3. The monoisotopic (exact) mass is 623 g/mol. The Bertz CT molecular complexity index is 1060. The minimum atomic E-state index is -0.747. The molecule has 8 atom stereocenters. The van der Waals surface area contributed by atoms with Crippen molar-refractivity contribution >= 4 is 51.1 Å². The fraction of sp³-hybridized carbons (Fsp3) is 0.690. The molecule has 3 aliphatic rings. The molecular weight excluding hydrogens is 582 g/mol. The third-order valence-electron chi connectivity index (χ3n) is 8.17. The fourth-order valence-electron chi connectivity index (χ4n) is 6.73. The molecule has 8 nitrogen and oxygen atoms in total. The van der Waals surface area contributed by atoms with Gasteiger partial charge in [-0.1, -0.05) is 43.1 Å². The van der Waals surface area contributed by atoms with Gasteiger partial charge in [0.2, 0.25) is 17.7 Å². The summed E-state index contributed by atoms with van der Waals surface area (Å²) in [6.07, 6.45) is 2.96. The first-order valence-corrected chi connectivity index (χ1v) is 16.0. The highest BCUT2D eigenvalue weighted by Gasteiger charge is 2.76. The molecule has 3 aliphatic heterocycles. The smallest absolute Gasteiger partial charge is 0.244 e. The van der Waals surface area contributed by atoms with Crippen LogP contribution in [-0.2, 0) is 14.4 Å². The van der Waals surface area contributed by atoms with E-state index in [0.29, 0.717) is 25.1 Å². The van der Waals surface area contributed by atoms with Gasteiger partial charge in [-0.3, -0.25) is 14.4 Å². The lowest BCUT2D eigenvalue weighted by atomic mass is 9.70. The van der Waals surface area contributed by atoms with Gasteiger partial charge in [0.1, 0.15) is 11.8 Å². The zero-order valence-electron chi connectivity index (χ0n) is 23.5. The van der Waals surface area contributed by atoms with Crippen molar-refractivity contribution in [2.75, 3.05) is 18.5 Å². The molecule has 0 saturated carbocycles. The number of halogens is 1. The van der Waals surface area contributed by atoms with Crippen LogP contribution < -0.4 is 15.4 Å². The number of thioether (sulfide) groups is 1. The molecule has 39 heavy (non-hydrogen) atoms. The summed E-state index contributed by atoms with van der Waals surface area (Å²) in [7, 11) is 0. The van der Waals surface area contributed by atoms with Gasteiger partial charge in [0.15, 0.2) is 0 Å². The number of aliphatic hydroxyl groups is 1. The second-order valence-electron chi connectivity index (χ2n) is 11.5. The van der Waals surface area contributed by atoms with Crippen molar-refractivity contribution in [3.05, 3.63) is 24.3 Å². The van der Waals surface area contributed by atoms with Crippen LogP contribution in [0.2, 0.25) is 0 Å². The van der Waals surface area contributed by atoms with Gasteiger partial charge in [0.25, 0.3) is 0 Å². The van der Waals surface area contributed by atoms with Gasteiger partial charge >= 0.3 is 0 Å². The number of alkyl halides is 1. The van der Waals surface area contributed by atoms with Crippen LogP contribution in [0.25, 0.3) is 0 Å². The number of aliphatic hydroxyl groups excluding tert-OH is 1. The van der Waals surface area contributed by atoms with Crippen LogP contribution in [-0.4, -0.2) is 73.9 Å². The highest BCUT2D eigenvalue weighted by molar-refractivity contribution is 9.09. The minimum absolute atomic E-state index is 0.0105. The summed E-state index contributed by atoms with van der Waals surface area (Å²) >= 11 is 5.42. The Morgan fingerprint density at radius 3 is 2.49 bits per heavy atom. The molecule has 1 aromatic rings. The summed E-state index contributed by atoms with van der Waals surface area (Å²) in [4.78, 5) is 43.7. The molecule has 2 bridgehead atoms. The second kappa shape index (κ2) is 12.4. The van der Waals surface area contributed by atoms with Crippen LogP contribution in [0.1, 0.15) is 60.3 Å². The Hall–Kier alpha value is -1.78. The minimum Gasteiger partial charge on any atom is -0.494 e. The zero-order valence-corrected chi connectivity index (χ0v) is 25.9. The van der Waals surface area contributed by atoms with E-state index < -0.39 is 28.7 Å². The number of hydrogen-bond donors (Lipinski definition) is 3. The number of anilines is 1. The lowest BCUT2D eigenvalue weighted by Gasteiger charge is -2.38. The van der Waals surface area contributed by atoms with Crippen molar-refractivity contribution in [3.63, 3.8) is 0 Å². The Morgan fingerprint density at radius 1 is 1.21 bits per heavy atom. The summed E-state index contributed by atoms with van der Waals surface area (Å²) in [5.74, 6) is -0.887. The Morgan fingerprint density at radius 2 is 1.90 bits per heavy atom. The van der Waals surface area contributed by atoms with E-state index in [1.54, 1.807) is 28.8 Å². The fourth-order valence-corrected chi connectivity index (χ4v) is 10.3. The normalized spacial score (nSPS) is 30.8. The first kappa shape index (κ1) is 30.2. The Labute approximate surface area is 244 Å². The largest absolute Gasteiger partial charge is 0.494 e. The number of fused-ring (bicyclic) bond motifs is 1. The lowest BCUT2D eigenvalue weighted by molar-refractivity contribution is -0.142. The third-order valence-corrected chi connectivity index (χ3v) is 11.4. The van der Waals surface area contributed by atoms with Gasteiger partial charge in [-0.2, -0.15) is 0 Å². The molecule has 4 rings (SSSR count). The van der Waals surface area contributed by atoms with Gasteiger partial charge in [0.05, 0.1) is 35.8 Å².